The molecule has 0 atom stereocenters. The Labute approximate surface area is 77.8 Å². The van der Waals surface area contributed by atoms with Crippen LogP contribution >= 0.6 is 0 Å². The molecule has 0 heterocycles. The van der Waals surface area contributed by atoms with Crippen molar-refractivity contribution >= 4 is 12.4 Å². The average Bonchev–Trinajstić information content (AvgIpc) is 2.19. The number of rotatable bonds is 4. The van der Waals surface area contributed by atoms with Crippen LogP contribution in [0.2, 0.25) is 0 Å². The predicted octanol–water partition coefficient (Wildman–Crippen LogP) is 2.30. The van der Waals surface area contributed by atoms with Crippen LogP contribution in [0.5, 0.6) is 5.75 Å². The van der Waals surface area contributed by atoms with Crippen molar-refractivity contribution in [1.82, 2.24) is 0 Å². The van der Waals surface area contributed by atoms with Gasteiger partial charge in [0.2, 0.25) is 0 Å². The van der Waals surface area contributed by atoms with E-state index < -0.39 is 0 Å². The number of ether oxygens (including phenoxy) is 1. The molecule has 0 bridgehead atoms. The van der Waals surface area contributed by atoms with Crippen molar-refractivity contribution in [3.63, 3.8) is 0 Å². The molecule has 0 aliphatic heterocycles. The van der Waals surface area contributed by atoms with Crippen molar-refractivity contribution in [2.24, 2.45) is 0 Å². The molecule has 0 saturated heterocycles. The van der Waals surface area contributed by atoms with E-state index in [0.29, 0.717) is 6.42 Å². The van der Waals surface area contributed by atoms with E-state index >= 15 is 0 Å². The number of benzene rings is 1. The summed E-state index contributed by atoms with van der Waals surface area (Å²) < 4.78 is 5.01. The lowest BCUT2D eigenvalue weighted by Crippen LogP contribution is -1.81. The maximum atomic E-state index is 10.0. The fraction of sp³-hybridized carbons (Fsp3) is 0.182. The molecular formula is C11H12O2. The Bertz CT molecular complexity index is 285. The maximum absolute atomic E-state index is 10.0. The van der Waals surface area contributed by atoms with E-state index in [1.54, 1.807) is 7.11 Å². The number of hydrogen-bond donors (Lipinski definition) is 0. The van der Waals surface area contributed by atoms with Crippen LogP contribution in [0.25, 0.3) is 6.08 Å². The molecule has 2 heteroatoms. The highest BCUT2D eigenvalue weighted by atomic mass is 16.5. The van der Waals surface area contributed by atoms with Gasteiger partial charge in [0, 0.05) is 6.42 Å². The molecule has 1 rings (SSSR count). The second kappa shape index (κ2) is 5.14. The predicted molar refractivity (Wildman–Crippen MR) is 52.7 cm³/mol. The average molecular weight is 176 g/mol. The summed E-state index contributed by atoms with van der Waals surface area (Å²) in [6.07, 6.45) is 5.08. The van der Waals surface area contributed by atoms with Crippen molar-refractivity contribution in [3.05, 3.63) is 35.9 Å². The van der Waals surface area contributed by atoms with E-state index in [9.17, 15) is 4.79 Å². The number of carbonyl (C=O) groups is 1. The van der Waals surface area contributed by atoms with Gasteiger partial charge in [-0.2, -0.15) is 0 Å². The molecule has 0 fully saturated rings. The molecule has 1 aromatic carbocycles. The summed E-state index contributed by atoms with van der Waals surface area (Å²) in [5, 5.41) is 0. The molecule has 0 radical (unpaired) electrons. The molecule has 0 amide bonds. The summed E-state index contributed by atoms with van der Waals surface area (Å²) in [5.41, 5.74) is 1.07. The Morgan fingerprint density at radius 2 is 2.00 bits per heavy atom. The highest BCUT2D eigenvalue weighted by Crippen LogP contribution is 2.12. The molecule has 0 aliphatic rings. The summed E-state index contributed by atoms with van der Waals surface area (Å²) in [6.45, 7) is 0. The monoisotopic (exact) mass is 176 g/mol. The van der Waals surface area contributed by atoms with Crippen LogP contribution in [-0.4, -0.2) is 13.4 Å². The van der Waals surface area contributed by atoms with Gasteiger partial charge in [-0.05, 0) is 17.7 Å². The van der Waals surface area contributed by atoms with Crippen molar-refractivity contribution in [3.8, 4) is 5.75 Å². The van der Waals surface area contributed by atoms with Crippen molar-refractivity contribution in [1.29, 1.82) is 0 Å². The minimum absolute atomic E-state index is 0.464. The first-order chi connectivity index (χ1) is 6.36. The summed E-state index contributed by atoms with van der Waals surface area (Å²) in [5.74, 6) is 0.840. The maximum Gasteiger partial charge on any atom is 0.123 e. The van der Waals surface area contributed by atoms with Gasteiger partial charge in [-0.3, -0.25) is 0 Å². The second-order valence-electron chi connectivity index (χ2n) is 2.58. The van der Waals surface area contributed by atoms with E-state index in [2.05, 4.69) is 0 Å². The fourth-order valence-electron chi connectivity index (χ4n) is 0.975. The van der Waals surface area contributed by atoms with Crippen LogP contribution in [0.4, 0.5) is 0 Å². The van der Waals surface area contributed by atoms with E-state index in [1.165, 1.54) is 0 Å². The van der Waals surface area contributed by atoms with Gasteiger partial charge in [-0.25, -0.2) is 0 Å². The van der Waals surface area contributed by atoms with Crippen molar-refractivity contribution in [2.45, 2.75) is 6.42 Å². The zero-order chi connectivity index (χ0) is 9.52. The Morgan fingerprint density at radius 1 is 1.31 bits per heavy atom. The Kier molecular flexibility index (Phi) is 3.76. The van der Waals surface area contributed by atoms with Gasteiger partial charge < -0.3 is 9.53 Å². The fourth-order valence-corrected chi connectivity index (χ4v) is 0.975. The third kappa shape index (κ3) is 3.11. The molecule has 1 aromatic rings. The molecule has 0 spiro atoms. The molecule has 0 aromatic heterocycles. The molecule has 0 saturated carbocycles. The number of aldehydes is 1. The minimum atomic E-state index is 0.464. The lowest BCUT2D eigenvalue weighted by Gasteiger charge is -1.98. The zero-order valence-corrected chi connectivity index (χ0v) is 7.57. The van der Waals surface area contributed by atoms with Gasteiger partial charge in [-0.15, -0.1) is 0 Å². The largest absolute Gasteiger partial charge is 0.497 e. The minimum Gasteiger partial charge on any atom is -0.497 e. The lowest BCUT2D eigenvalue weighted by atomic mass is 10.2. The highest BCUT2D eigenvalue weighted by molar-refractivity contribution is 5.58. The van der Waals surface area contributed by atoms with Crippen LogP contribution in [-0.2, 0) is 4.79 Å². The normalized spacial score (nSPS) is 10.2. The summed E-state index contributed by atoms with van der Waals surface area (Å²) in [4.78, 5) is 10.0. The van der Waals surface area contributed by atoms with Gasteiger partial charge in [0.25, 0.3) is 0 Å². The summed E-state index contributed by atoms with van der Waals surface area (Å²) in [6, 6.07) is 7.67. The zero-order valence-electron chi connectivity index (χ0n) is 7.57. The third-order valence-electron chi connectivity index (χ3n) is 1.66. The smallest absolute Gasteiger partial charge is 0.123 e. The quantitative estimate of drug-likeness (QED) is 0.658. The van der Waals surface area contributed by atoms with Crippen molar-refractivity contribution < 1.29 is 9.53 Å². The highest BCUT2D eigenvalue weighted by Gasteiger charge is 1.88. The number of hydrogen-bond acceptors (Lipinski definition) is 2. The van der Waals surface area contributed by atoms with Gasteiger partial charge in [0.15, 0.2) is 0 Å². The Balaban J connectivity index is 2.63. The van der Waals surface area contributed by atoms with Crippen LogP contribution in [0.15, 0.2) is 30.3 Å². The van der Waals surface area contributed by atoms with E-state index in [4.69, 9.17) is 4.74 Å². The summed E-state index contributed by atoms with van der Waals surface area (Å²) >= 11 is 0. The molecule has 0 aliphatic carbocycles. The SMILES string of the molecule is COc1ccc(/C=C\CC=O)cc1. The van der Waals surface area contributed by atoms with Gasteiger partial charge >= 0.3 is 0 Å². The number of methoxy groups -OCH3 is 1. The van der Waals surface area contributed by atoms with Crippen LogP contribution in [0, 0.1) is 0 Å². The topological polar surface area (TPSA) is 26.3 Å². The molecule has 0 N–H and O–H groups in total. The van der Waals surface area contributed by atoms with Gasteiger partial charge in [0.1, 0.15) is 12.0 Å². The van der Waals surface area contributed by atoms with Gasteiger partial charge in [0.05, 0.1) is 7.11 Å². The first-order valence-corrected chi connectivity index (χ1v) is 4.11. The van der Waals surface area contributed by atoms with Crippen LogP contribution in [0.3, 0.4) is 0 Å². The van der Waals surface area contributed by atoms with Crippen LogP contribution < -0.4 is 4.74 Å². The van der Waals surface area contributed by atoms with E-state index in [-0.39, 0.29) is 0 Å². The Hall–Kier alpha value is -1.57. The Morgan fingerprint density at radius 3 is 2.54 bits per heavy atom. The second-order valence-corrected chi connectivity index (χ2v) is 2.58. The summed E-state index contributed by atoms with van der Waals surface area (Å²) in [7, 11) is 1.64. The molecule has 13 heavy (non-hydrogen) atoms. The third-order valence-corrected chi connectivity index (χ3v) is 1.66. The molecule has 68 valence electrons. The number of carbonyl (C=O) groups excluding carboxylic acids is 1. The van der Waals surface area contributed by atoms with E-state index in [0.717, 1.165) is 17.6 Å². The van der Waals surface area contributed by atoms with Crippen molar-refractivity contribution in [2.75, 3.05) is 7.11 Å². The standard InChI is InChI=1S/C11H12O2/c1-13-11-7-5-10(6-8-11)4-2-3-9-12/h2,4-9H,3H2,1H3/b4-2-. The first-order valence-electron chi connectivity index (χ1n) is 4.11. The molecule has 0 unspecified atom stereocenters. The molecule has 2 nitrogen and oxygen atoms in total. The van der Waals surface area contributed by atoms with Gasteiger partial charge in [-0.1, -0.05) is 24.3 Å². The molecular weight excluding hydrogens is 164 g/mol. The van der Waals surface area contributed by atoms with Crippen LogP contribution in [0.1, 0.15) is 12.0 Å². The van der Waals surface area contributed by atoms with E-state index in [1.807, 2.05) is 36.4 Å². The first kappa shape index (κ1) is 9.52. The lowest BCUT2D eigenvalue weighted by molar-refractivity contribution is -0.107. The number of allylic oxidation sites excluding steroid dienone is 1.